The van der Waals surface area contributed by atoms with E-state index in [0.717, 1.165) is 5.56 Å². The number of methoxy groups -OCH3 is 1. The van der Waals surface area contributed by atoms with Gasteiger partial charge in [0.05, 0.1) is 19.6 Å². The summed E-state index contributed by atoms with van der Waals surface area (Å²) in [6.07, 6.45) is -1.10. The van der Waals surface area contributed by atoms with E-state index in [1.165, 1.54) is 19.2 Å². The lowest BCUT2D eigenvalue weighted by molar-refractivity contribution is -0.137. The largest absolute Gasteiger partial charge is 0.504 e. The molecule has 25 heavy (non-hydrogen) atoms. The van der Waals surface area contributed by atoms with E-state index in [4.69, 9.17) is 14.6 Å². The number of carboxylic acids is 1. The van der Waals surface area contributed by atoms with Crippen molar-refractivity contribution < 1.29 is 29.3 Å². The third-order valence-electron chi connectivity index (χ3n) is 3.49. The highest BCUT2D eigenvalue weighted by Gasteiger charge is 2.20. The molecule has 0 radical (unpaired) electrons. The maximum absolute atomic E-state index is 12.0. The van der Waals surface area contributed by atoms with Crippen molar-refractivity contribution in [1.29, 1.82) is 0 Å². The number of carbonyl (C=O) groups is 2. The molecule has 0 fully saturated rings. The lowest BCUT2D eigenvalue weighted by Gasteiger charge is -2.18. The van der Waals surface area contributed by atoms with Crippen LogP contribution < -0.4 is 10.1 Å². The fourth-order valence-corrected chi connectivity index (χ4v) is 2.26. The molecule has 0 saturated heterocycles. The van der Waals surface area contributed by atoms with E-state index in [-0.39, 0.29) is 24.5 Å². The summed E-state index contributed by atoms with van der Waals surface area (Å²) in [6, 6.07) is 12.7. The number of hydrogen-bond donors (Lipinski definition) is 3. The number of carbonyl (C=O) groups excluding carboxylic acids is 1. The van der Waals surface area contributed by atoms with Crippen molar-refractivity contribution in [1.82, 2.24) is 5.32 Å². The third-order valence-corrected chi connectivity index (χ3v) is 3.49. The van der Waals surface area contributed by atoms with Gasteiger partial charge < -0.3 is 25.0 Å². The van der Waals surface area contributed by atoms with E-state index in [2.05, 4.69) is 5.32 Å². The summed E-state index contributed by atoms with van der Waals surface area (Å²) < 4.78 is 10.1. The summed E-state index contributed by atoms with van der Waals surface area (Å²) in [7, 11) is 1.41. The number of aromatic hydroxyl groups is 1. The van der Waals surface area contributed by atoms with Gasteiger partial charge in [0.25, 0.3) is 0 Å². The Bertz CT molecular complexity index is 732. The third kappa shape index (κ3) is 5.42. The number of rotatable bonds is 7. The quantitative estimate of drug-likeness (QED) is 0.713. The maximum atomic E-state index is 12.0. The Labute approximate surface area is 144 Å². The van der Waals surface area contributed by atoms with E-state index in [1.54, 1.807) is 6.07 Å². The first-order chi connectivity index (χ1) is 12.0. The molecule has 132 valence electrons. The van der Waals surface area contributed by atoms with Crippen LogP contribution in [-0.4, -0.2) is 29.4 Å². The van der Waals surface area contributed by atoms with Crippen molar-refractivity contribution in [3.05, 3.63) is 59.7 Å². The summed E-state index contributed by atoms with van der Waals surface area (Å²) >= 11 is 0. The minimum absolute atomic E-state index is 0.0698. The van der Waals surface area contributed by atoms with E-state index in [1.807, 2.05) is 30.3 Å². The standard InChI is InChI=1S/C18H19NO6/c1-24-16-8-7-13(9-15(16)20)14(10-17(21)22)19-18(23)25-11-12-5-3-2-4-6-12/h2-9,14,20H,10-11H2,1H3,(H,19,23)(H,21,22). The Morgan fingerprint density at radius 2 is 1.88 bits per heavy atom. The minimum atomic E-state index is -1.09. The minimum Gasteiger partial charge on any atom is -0.504 e. The molecule has 2 rings (SSSR count). The highest BCUT2D eigenvalue weighted by Crippen LogP contribution is 2.30. The SMILES string of the molecule is COc1ccc(C(CC(=O)O)NC(=O)OCc2ccccc2)cc1O. The van der Waals surface area contributed by atoms with Crippen molar-refractivity contribution in [2.24, 2.45) is 0 Å². The van der Waals surface area contributed by atoms with E-state index >= 15 is 0 Å². The van der Waals surface area contributed by atoms with Gasteiger partial charge in [-0.3, -0.25) is 4.79 Å². The Morgan fingerprint density at radius 1 is 1.16 bits per heavy atom. The zero-order valence-electron chi connectivity index (χ0n) is 13.6. The van der Waals surface area contributed by atoms with Gasteiger partial charge in [-0.15, -0.1) is 0 Å². The van der Waals surface area contributed by atoms with Crippen molar-refractivity contribution >= 4 is 12.1 Å². The van der Waals surface area contributed by atoms with Crippen LogP contribution >= 0.6 is 0 Å². The molecule has 3 N–H and O–H groups in total. The van der Waals surface area contributed by atoms with Crippen LogP contribution in [0.1, 0.15) is 23.6 Å². The van der Waals surface area contributed by atoms with E-state index in [9.17, 15) is 14.7 Å². The average molecular weight is 345 g/mol. The first-order valence-corrected chi connectivity index (χ1v) is 7.55. The molecule has 0 aliphatic rings. The van der Waals surface area contributed by atoms with Crippen LogP contribution in [0.2, 0.25) is 0 Å². The summed E-state index contributed by atoms with van der Waals surface area (Å²) in [6.45, 7) is 0.0698. The number of alkyl carbamates (subject to hydrolysis) is 1. The molecule has 1 amide bonds. The zero-order valence-corrected chi connectivity index (χ0v) is 13.6. The van der Waals surface area contributed by atoms with Crippen molar-refractivity contribution in [2.75, 3.05) is 7.11 Å². The van der Waals surface area contributed by atoms with Crippen LogP contribution in [0.3, 0.4) is 0 Å². The number of ether oxygens (including phenoxy) is 2. The lowest BCUT2D eigenvalue weighted by Crippen LogP contribution is -2.30. The Morgan fingerprint density at radius 3 is 2.48 bits per heavy atom. The smallest absolute Gasteiger partial charge is 0.407 e. The summed E-state index contributed by atoms with van der Waals surface area (Å²) in [5.41, 5.74) is 1.24. The van der Waals surface area contributed by atoms with Gasteiger partial charge in [-0.25, -0.2) is 4.79 Å². The van der Waals surface area contributed by atoms with Crippen LogP contribution in [0.15, 0.2) is 48.5 Å². The fourth-order valence-electron chi connectivity index (χ4n) is 2.26. The first-order valence-electron chi connectivity index (χ1n) is 7.55. The molecule has 0 aliphatic carbocycles. The van der Waals surface area contributed by atoms with Gasteiger partial charge in [0.15, 0.2) is 11.5 Å². The van der Waals surface area contributed by atoms with Crippen LogP contribution in [0.4, 0.5) is 4.79 Å². The molecule has 0 aliphatic heterocycles. The van der Waals surface area contributed by atoms with Crippen LogP contribution in [0.5, 0.6) is 11.5 Å². The molecular formula is C18H19NO6. The molecule has 2 aromatic rings. The molecule has 0 aromatic heterocycles. The molecule has 2 aromatic carbocycles. The normalized spacial score (nSPS) is 11.4. The number of phenols is 1. The van der Waals surface area contributed by atoms with Crippen molar-refractivity contribution in [3.8, 4) is 11.5 Å². The molecule has 0 heterocycles. The second-order valence-corrected chi connectivity index (χ2v) is 5.29. The van der Waals surface area contributed by atoms with Gasteiger partial charge in [0.1, 0.15) is 6.61 Å². The van der Waals surface area contributed by atoms with Gasteiger partial charge >= 0.3 is 12.1 Å². The van der Waals surface area contributed by atoms with Gasteiger partial charge in [0.2, 0.25) is 0 Å². The Balaban J connectivity index is 2.05. The zero-order chi connectivity index (χ0) is 18.2. The fraction of sp³-hybridized carbons (Fsp3) is 0.222. The van der Waals surface area contributed by atoms with Gasteiger partial charge in [-0.05, 0) is 23.3 Å². The number of aliphatic carboxylic acids is 1. The molecule has 0 saturated carbocycles. The Kier molecular flexibility index (Phi) is 6.22. The predicted molar refractivity (Wildman–Crippen MR) is 89.4 cm³/mol. The molecule has 7 heteroatoms. The number of benzene rings is 2. The number of nitrogens with one attached hydrogen (secondary N) is 1. The second kappa shape index (κ2) is 8.58. The number of carboxylic acid groups (broad SMARTS) is 1. The first kappa shape index (κ1) is 18.1. The van der Waals surface area contributed by atoms with Gasteiger partial charge in [-0.2, -0.15) is 0 Å². The van der Waals surface area contributed by atoms with Gasteiger partial charge in [-0.1, -0.05) is 36.4 Å². The van der Waals surface area contributed by atoms with Crippen LogP contribution in [-0.2, 0) is 16.1 Å². The van der Waals surface area contributed by atoms with Crippen LogP contribution in [0, 0.1) is 0 Å². The van der Waals surface area contributed by atoms with E-state index < -0.39 is 18.1 Å². The van der Waals surface area contributed by atoms with Gasteiger partial charge in [0, 0.05) is 0 Å². The molecule has 0 bridgehead atoms. The van der Waals surface area contributed by atoms with Crippen molar-refractivity contribution in [2.45, 2.75) is 19.1 Å². The average Bonchev–Trinajstić information content (AvgIpc) is 2.60. The molecule has 1 atom stereocenters. The number of phenolic OH excluding ortho intramolecular Hbond substituents is 1. The maximum Gasteiger partial charge on any atom is 0.407 e. The highest BCUT2D eigenvalue weighted by molar-refractivity contribution is 5.72. The lowest BCUT2D eigenvalue weighted by atomic mass is 10.0. The van der Waals surface area contributed by atoms with Crippen molar-refractivity contribution in [3.63, 3.8) is 0 Å². The monoisotopic (exact) mass is 345 g/mol. The predicted octanol–water partition coefficient (Wildman–Crippen LogP) is 2.84. The van der Waals surface area contributed by atoms with E-state index in [0.29, 0.717) is 5.56 Å². The summed E-state index contributed by atoms with van der Waals surface area (Å²) in [4.78, 5) is 23.0. The molecule has 7 nitrogen and oxygen atoms in total. The molecule has 0 spiro atoms. The highest BCUT2D eigenvalue weighted by atomic mass is 16.5. The number of amides is 1. The topological polar surface area (TPSA) is 105 Å². The molecular weight excluding hydrogens is 326 g/mol. The second-order valence-electron chi connectivity index (χ2n) is 5.29. The van der Waals surface area contributed by atoms with Crippen LogP contribution in [0.25, 0.3) is 0 Å². The Hall–Kier alpha value is -3.22. The summed E-state index contributed by atoms with van der Waals surface area (Å²) in [5.74, 6) is -0.983. The molecule has 1 unspecified atom stereocenters. The number of hydrogen-bond acceptors (Lipinski definition) is 5. The summed E-state index contributed by atoms with van der Waals surface area (Å²) in [5, 5.41) is 21.4.